The minimum Gasteiger partial charge on any atom is -0.349 e. The Hall–Kier alpha value is -1.03. The van der Waals surface area contributed by atoms with Crippen LogP contribution in [0.5, 0.6) is 0 Å². The Kier molecular flexibility index (Phi) is 3.78. The molecule has 19 heavy (non-hydrogen) atoms. The van der Waals surface area contributed by atoms with E-state index in [9.17, 15) is 4.79 Å². The van der Waals surface area contributed by atoms with Crippen molar-refractivity contribution < 1.29 is 0 Å². The number of hydrogen-bond donors (Lipinski definition) is 0. The normalized spacial score (nSPS) is 23.6. The molecule has 104 valence electrons. The average molecular weight is 282 g/mol. The summed E-state index contributed by atoms with van der Waals surface area (Å²) < 4.78 is 1.86. The summed E-state index contributed by atoms with van der Waals surface area (Å²) in [7, 11) is 0. The van der Waals surface area contributed by atoms with Crippen LogP contribution in [0.15, 0.2) is 17.2 Å². The summed E-state index contributed by atoms with van der Waals surface area (Å²) in [4.78, 5) is 19.1. The molecule has 2 fully saturated rings. The van der Waals surface area contributed by atoms with E-state index < -0.39 is 0 Å². The van der Waals surface area contributed by atoms with Crippen molar-refractivity contribution in [3.05, 3.63) is 22.7 Å². The maximum Gasteiger partial charge on any atom is 0.293 e. The van der Waals surface area contributed by atoms with Gasteiger partial charge in [-0.05, 0) is 38.5 Å². The van der Waals surface area contributed by atoms with Crippen LogP contribution in [0.25, 0.3) is 0 Å². The third-order valence-electron chi connectivity index (χ3n) is 4.13. The van der Waals surface area contributed by atoms with Gasteiger partial charge in [-0.2, -0.15) is 0 Å². The van der Waals surface area contributed by atoms with Crippen LogP contribution in [0.4, 0.5) is 5.82 Å². The fourth-order valence-electron chi connectivity index (χ4n) is 2.96. The van der Waals surface area contributed by atoms with Crippen molar-refractivity contribution in [3.63, 3.8) is 0 Å². The van der Waals surface area contributed by atoms with E-state index in [0.717, 1.165) is 38.6 Å². The van der Waals surface area contributed by atoms with Crippen molar-refractivity contribution in [2.75, 3.05) is 17.3 Å². The maximum absolute atomic E-state index is 12.5. The van der Waals surface area contributed by atoms with Crippen molar-refractivity contribution in [2.45, 2.75) is 50.6 Å². The average Bonchev–Trinajstić information content (AvgIpc) is 3.25. The van der Waals surface area contributed by atoms with Crippen LogP contribution in [0.3, 0.4) is 0 Å². The predicted molar refractivity (Wildman–Crippen MR) is 77.1 cm³/mol. The molecular formula is C14H20ClN3O. The van der Waals surface area contributed by atoms with Crippen LogP contribution >= 0.6 is 11.6 Å². The van der Waals surface area contributed by atoms with E-state index in [4.69, 9.17) is 11.6 Å². The van der Waals surface area contributed by atoms with Crippen LogP contribution in [0.2, 0.25) is 0 Å². The summed E-state index contributed by atoms with van der Waals surface area (Å²) in [5.74, 6) is 1.27. The summed E-state index contributed by atoms with van der Waals surface area (Å²) in [6.45, 7) is 0.929. The molecule has 3 rings (SSSR count). The molecule has 0 aromatic carbocycles. The van der Waals surface area contributed by atoms with Crippen LogP contribution in [-0.2, 0) is 0 Å². The number of halogens is 1. The summed E-state index contributed by atoms with van der Waals surface area (Å²) in [5.41, 5.74) is 0.0754. The molecule has 2 heterocycles. The minimum absolute atomic E-state index is 0.0754. The van der Waals surface area contributed by atoms with Gasteiger partial charge in [-0.1, -0.05) is 0 Å². The van der Waals surface area contributed by atoms with Crippen molar-refractivity contribution in [2.24, 2.45) is 0 Å². The van der Waals surface area contributed by atoms with Crippen molar-refractivity contribution in [1.82, 2.24) is 9.55 Å². The Morgan fingerprint density at radius 3 is 2.89 bits per heavy atom. The molecule has 0 amide bonds. The number of anilines is 1. The zero-order valence-electron chi connectivity index (χ0n) is 11.1. The van der Waals surface area contributed by atoms with Gasteiger partial charge in [-0.15, -0.1) is 11.6 Å². The van der Waals surface area contributed by atoms with E-state index in [1.54, 1.807) is 6.20 Å². The summed E-state index contributed by atoms with van der Waals surface area (Å²) in [5, 5.41) is 0. The summed E-state index contributed by atoms with van der Waals surface area (Å²) >= 11 is 5.89. The van der Waals surface area contributed by atoms with Gasteiger partial charge in [0.15, 0.2) is 5.82 Å². The Morgan fingerprint density at radius 1 is 1.32 bits per heavy atom. The highest BCUT2D eigenvalue weighted by atomic mass is 35.5. The lowest BCUT2D eigenvalue weighted by molar-refractivity contribution is 0.445. The second-order valence-corrected chi connectivity index (χ2v) is 5.89. The Bertz CT molecular complexity index is 496. The standard InChI is InChI=1S/C14H20ClN3O/c15-7-6-11-3-1-2-9-17(11)13-14(19)18(10-8-16-13)12-4-5-12/h8,10-12H,1-7,9H2. The molecule has 2 aliphatic rings. The summed E-state index contributed by atoms with van der Waals surface area (Å²) in [6, 6.07) is 0.784. The number of hydrogen-bond acceptors (Lipinski definition) is 3. The molecule has 0 radical (unpaired) electrons. The number of piperidine rings is 1. The van der Waals surface area contributed by atoms with Gasteiger partial charge in [0.05, 0.1) is 0 Å². The highest BCUT2D eigenvalue weighted by Crippen LogP contribution is 2.33. The van der Waals surface area contributed by atoms with Gasteiger partial charge in [-0.3, -0.25) is 4.79 Å². The molecule has 0 spiro atoms. The monoisotopic (exact) mass is 281 g/mol. The van der Waals surface area contributed by atoms with Gasteiger partial charge in [-0.25, -0.2) is 4.98 Å². The first kappa shape index (κ1) is 13.0. The largest absolute Gasteiger partial charge is 0.349 e. The molecule has 1 aliphatic carbocycles. The lowest BCUT2D eigenvalue weighted by Gasteiger charge is -2.36. The molecule has 0 bridgehead atoms. The fourth-order valence-corrected chi connectivity index (χ4v) is 3.21. The van der Waals surface area contributed by atoms with Gasteiger partial charge in [0.2, 0.25) is 0 Å². The van der Waals surface area contributed by atoms with Crippen molar-refractivity contribution in [1.29, 1.82) is 0 Å². The number of aromatic nitrogens is 2. The highest BCUT2D eigenvalue weighted by Gasteiger charge is 2.29. The number of alkyl halides is 1. The number of nitrogens with zero attached hydrogens (tertiary/aromatic N) is 3. The van der Waals surface area contributed by atoms with Gasteiger partial charge < -0.3 is 9.47 Å². The fraction of sp³-hybridized carbons (Fsp3) is 0.714. The molecule has 1 aromatic heterocycles. The van der Waals surface area contributed by atoms with Crippen LogP contribution in [-0.4, -0.2) is 28.0 Å². The lowest BCUT2D eigenvalue weighted by atomic mass is 10.00. The van der Waals surface area contributed by atoms with Crippen molar-refractivity contribution >= 4 is 17.4 Å². The first-order chi connectivity index (χ1) is 9.31. The molecule has 0 N–H and O–H groups in total. The van der Waals surface area contributed by atoms with E-state index in [2.05, 4.69) is 9.88 Å². The lowest BCUT2D eigenvalue weighted by Crippen LogP contribution is -2.44. The molecule has 1 atom stereocenters. The Morgan fingerprint density at radius 2 is 2.16 bits per heavy atom. The van der Waals surface area contributed by atoms with Gasteiger partial charge >= 0.3 is 0 Å². The quantitative estimate of drug-likeness (QED) is 0.796. The van der Waals surface area contributed by atoms with Crippen LogP contribution in [0.1, 0.15) is 44.6 Å². The first-order valence-corrected chi connectivity index (χ1v) is 7.74. The molecule has 5 heteroatoms. The second kappa shape index (κ2) is 5.53. The second-order valence-electron chi connectivity index (χ2n) is 5.52. The predicted octanol–water partition coefficient (Wildman–Crippen LogP) is 2.57. The number of rotatable bonds is 4. The van der Waals surface area contributed by atoms with E-state index in [1.807, 2.05) is 10.8 Å². The zero-order chi connectivity index (χ0) is 13.2. The first-order valence-electron chi connectivity index (χ1n) is 7.21. The molecule has 1 saturated carbocycles. The van der Waals surface area contributed by atoms with E-state index >= 15 is 0 Å². The van der Waals surface area contributed by atoms with E-state index in [1.165, 1.54) is 6.42 Å². The highest BCUT2D eigenvalue weighted by molar-refractivity contribution is 6.17. The maximum atomic E-state index is 12.5. The van der Waals surface area contributed by atoms with Gasteiger partial charge in [0, 0.05) is 36.9 Å². The molecule has 4 nitrogen and oxygen atoms in total. The van der Waals surface area contributed by atoms with Crippen molar-refractivity contribution in [3.8, 4) is 0 Å². The van der Waals surface area contributed by atoms with Crippen LogP contribution < -0.4 is 10.5 Å². The smallest absolute Gasteiger partial charge is 0.293 e. The summed E-state index contributed by atoms with van der Waals surface area (Å²) in [6.07, 6.45) is 10.2. The minimum atomic E-state index is 0.0754. The van der Waals surface area contributed by atoms with Gasteiger partial charge in [0.25, 0.3) is 5.56 Å². The topological polar surface area (TPSA) is 38.1 Å². The molecule has 1 saturated heterocycles. The SMILES string of the molecule is O=c1c(N2CCCCC2CCCl)nccn1C1CC1. The third-order valence-corrected chi connectivity index (χ3v) is 4.35. The molecule has 1 unspecified atom stereocenters. The molecule has 1 aliphatic heterocycles. The van der Waals surface area contributed by atoms with E-state index in [-0.39, 0.29) is 5.56 Å². The Labute approximate surface area is 118 Å². The van der Waals surface area contributed by atoms with Crippen LogP contribution in [0, 0.1) is 0 Å². The third kappa shape index (κ3) is 2.64. The Balaban J connectivity index is 1.91. The van der Waals surface area contributed by atoms with E-state index in [0.29, 0.717) is 23.8 Å². The molecular weight excluding hydrogens is 262 g/mol. The zero-order valence-corrected chi connectivity index (χ0v) is 11.9. The van der Waals surface area contributed by atoms with Gasteiger partial charge in [0.1, 0.15) is 0 Å². The molecule has 1 aromatic rings.